The maximum atomic E-state index is 12.0. The van der Waals surface area contributed by atoms with Crippen LogP contribution in [0.25, 0.3) is 0 Å². The van der Waals surface area contributed by atoms with Crippen molar-refractivity contribution in [3.8, 4) is 5.75 Å². The number of rotatable bonds is 9. The highest BCUT2D eigenvalue weighted by Gasteiger charge is 2.16. The maximum Gasteiger partial charge on any atom is 0.313 e. The number of amides is 1. The van der Waals surface area contributed by atoms with Gasteiger partial charge in [0.25, 0.3) is 5.91 Å². The third-order valence-corrected chi connectivity index (χ3v) is 4.26. The standard InChI is InChI=1S/C16H21NO5S/c18-15(19)11-23-8-6-17-16(20)12-3-1-4-13(9-12)22-10-14-5-2-7-21-14/h1,3-4,9,14H,2,5-8,10-11H2,(H,17,20)(H,18,19). The highest BCUT2D eigenvalue weighted by molar-refractivity contribution is 7.99. The molecule has 0 bridgehead atoms. The summed E-state index contributed by atoms with van der Waals surface area (Å²) in [5, 5.41) is 11.3. The molecule has 1 fully saturated rings. The molecule has 1 aliphatic rings. The molecular formula is C16H21NO5S. The molecule has 1 unspecified atom stereocenters. The number of hydrogen-bond acceptors (Lipinski definition) is 5. The van der Waals surface area contributed by atoms with Gasteiger partial charge in [0.1, 0.15) is 12.4 Å². The molecule has 1 atom stereocenters. The van der Waals surface area contributed by atoms with Crippen LogP contribution in [0.4, 0.5) is 0 Å². The zero-order valence-electron chi connectivity index (χ0n) is 12.8. The summed E-state index contributed by atoms with van der Waals surface area (Å²) in [5.41, 5.74) is 0.526. The van der Waals surface area contributed by atoms with E-state index in [-0.39, 0.29) is 17.8 Å². The Kier molecular flexibility index (Phi) is 7.22. The third-order valence-electron chi connectivity index (χ3n) is 3.31. The molecule has 1 heterocycles. The van der Waals surface area contributed by atoms with Gasteiger partial charge in [-0.2, -0.15) is 0 Å². The first-order chi connectivity index (χ1) is 11.1. The molecule has 6 nitrogen and oxygen atoms in total. The van der Waals surface area contributed by atoms with Crippen LogP contribution in [0.3, 0.4) is 0 Å². The number of benzene rings is 1. The van der Waals surface area contributed by atoms with E-state index in [0.29, 0.717) is 30.2 Å². The number of carboxylic acid groups (broad SMARTS) is 1. The van der Waals surface area contributed by atoms with Crippen LogP contribution in [0.15, 0.2) is 24.3 Å². The van der Waals surface area contributed by atoms with Gasteiger partial charge in [-0.05, 0) is 31.0 Å². The molecule has 2 rings (SSSR count). The van der Waals surface area contributed by atoms with Gasteiger partial charge in [0, 0.05) is 24.5 Å². The van der Waals surface area contributed by atoms with Crippen LogP contribution in [0, 0.1) is 0 Å². The normalized spacial score (nSPS) is 17.0. The summed E-state index contributed by atoms with van der Waals surface area (Å²) in [6.07, 6.45) is 2.21. The van der Waals surface area contributed by atoms with E-state index in [9.17, 15) is 9.59 Å². The Bertz CT molecular complexity index is 531. The first-order valence-corrected chi connectivity index (χ1v) is 8.73. The highest BCUT2D eigenvalue weighted by atomic mass is 32.2. The van der Waals surface area contributed by atoms with Crippen LogP contribution in [0.1, 0.15) is 23.2 Å². The van der Waals surface area contributed by atoms with Gasteiger partial charge in [-0.15, -0.1) is 11.8 Å². The molecule has 0 spiro atoms. The maximum absolute atomic E-state index is 12.0. The van der Waals surface area contributed by atoms with Gasteiger partial charge in [-0.3, -0.25) is 9.59 Å². The van der Waals surface area contributed by atoms with Crippen LogP contribution >= 0.6 is 11.8 Å². The summed E-state index contributed by atoms with van der Waals surface area (Å²) in [4.78, 5) is 22.4. The van der Waals surface area contributed by atoms with Gasteiger partial charge in [0.2, 0.25) is 0 Å². The Labute approximate surface area is 139 Å². The minimum Gasteiger partial charge on any atom is -0.491 e. The summed E-state index contributed by atoms with van der Waals surface area (Å²) >= 11 is 1.27. The number of carboxylic acids is 1. The molecule has 0 aliphatic carbocycles. The number of aliphatic carboxylic acids is 1. The second-order valence-corrected chi connectivity index (χ2v) is 6.28. The predicted octanol–water partition coefficient (Wildman–Crippen LogP) is 1.79. The molecule has 7 heteroatoms. The topological polar surface area (TPSA) is 84.9 Å². The van der Waals surface area contributed by atoms with Crippen LogP contribution in [-0.2, 0) is 9.53 Å². The van der Waals surface area contributed by atoms with Crippen molar-refractivity contribution in [2.75, 3.05) is 31.3 Å². The molecule has 1 amide bonds. The number of carbonyl (C=O) groups excluding carboxylic acids is 1. The van der Waals surface area contributed by atoms with E-state index in [1.54, 1.807) is 18.2 Å². The van der Waals surface area contributed by atoms with Gasteiger partial charge in [-0.25, -0.2) is 0 Å². The Hall–Kier alpha value is -1.73. The average Bonchev–Trinajstić information content (AvgIpc) is 3.06. The van der Waals surface area contributed by atoms with E-state index < -0.39 is 5.97 Å². The molecule has 1 aromatic carbocycles. The Morgan fingerprint density at radius 1 is 1.43 bits per heavy atom. The molecular weight excluding hydrogens is 318 g/mol. The Balaban J connectivity index is 1.74. The zero-order valence-corrected chi connectivity index (χ0v) is 13.6. The Morgan fingerprint density at radius 2 is 2.30 bits per heavy atom. The zero-order chi connectivity index (χ0) is 16.5. The summed E-state index contributed by atoms with van der Waals surface area (Å²) < 4.78 is 11.2. The third kappa shape index (κ3) is 6.50. The summed E-state index contributed by atoms with van der Waals surface area (Å²) in [6.45, 7) is 1.71. The predicted molar refractivity (Wildman–Crippen MR) is 88.2 cm³/mol. The number of hydrogen-bond donors (Lipinski definition) is 2. The molecule has 0 saturated carbocycles. The molecule has 126 valence electrons. The first-order valence-electron chi connectivity index (χ1n) is 7.57. The van der Waals surface area contributed by atoms with Crippen LogP contribution < -0.4 is 10.1 Å². The number of nitrogens with one attached hydrogen (secondary N) is 1. The molecule has 23 heavy (non-hydrogen) atoms. The van der Waals surface area contributed by atoms with Crippen LogP contribution in [0.5, 0.6) is 5.75 Å². The molecule has 0 radical (unpaired) electrons. The second kappa shape index (κ2) is 9.42. The lowest BCUT2D eigenvalue weighted by Gasteiger charge is -2.12. The van der Waals surface area contributed by atoms with Crippen molar-refractivity contribution in [1.29, 1.82) is 0 Å². The minimum absolute atomic E-state index is 0.0441. The summed E-state index contributed by atoms with van der Waals surface area (Å²) in [7, 11) is 0. The monoisotopic (exact) mass is 339 g/mol. The van der Waals surface area contributed by atoms with Crippen molar-refractivity contribution >= 4 is 23.6 Å². The molecule has 0 aromatic heterocycles. The lowest BCUT2D eigenvalue weighted by atomic mass is 10.2. The quantitative estimate of drug-likeness (QED) is 0.667. The van der Waals surface area contributed by atoms with Gasteiger partial charge >= 0.3 is 5.97 Å². The molecule has 2 N–H and O–H groups in total. The van der Waals surface area contributed by atoms with Crippen LogP contribution in [0.2, 0.25) is 0 Å². The van der Waals surface area contributed by atoms with Crippen molar-refractivity contribution in [3.05, 3.63) is 29.8 Å². The molecule has 1 saturated heterocycles. The number of carbonyl (C=O) groups is 2. The lowest BCUT2D eigenvalue weighted by molar-refractivity contribution is -0.133. The van der Waals surface area contributed by atoms with E-state index in [1.807, 2.05) is 6.07 Å². The Morgan fingerprint density at radius 3 is 3.04 bits per heavy atom. The number of thioether (sulfide) groups is 1. The fourth-order valence-electron chi connectivity index (χ4n) is 2.19. The smallest absolute Gasteiger partial charge is 0.313 e. The first kappa shape index (κ1) is 17.6. The summed E-state index contributed by atoms with van der Waals surface area (Å²) in [6, 6.07) is 7.01. The van der Waals surface area contributed by atoms with Gasteiger partial charge in [0.05, 0.1) is 11.9 Å². The van der Waals surface area contributed by atoms with E-state index in [2.05, 4.69) is 5.32 Å². The van der Waals surface area contributed by atoms with E-state index >= 15 is 0 Å². The number of ether oxygens (including phenoxy) is 2. The highest BCUT2D eigenvalue weighted by Crippen LogP contribution is 2.17. The van der Waals surface area contributed by atoms with Crippen LogP contribution in [-0.4, -0.2) is 54.4 Å². The van der Waals surface area contributed by atoms with Gasteiger partial charge < -0.3 is 19.9 Å². The second-order valence-electron chi connectivity index (χ2n) is 5.18. The summed E-state index contributed by atoms with van der Waals surface area (Å²) in [5.74, 6) is 0.213. The molecule has 1 aromatic rings. The van der Waals surface area contributed by atoms with E-state index in [1.165, 1.54) is 11.8 Å². The minimum atomic E-state index is -0.850. The van der Waals surface area contributed by atoms with Crippen molar-refractivity contribution in [2.24, 2.45) is 0 Å². The average molecular weight is 339 g/mol. The fraction of sp³-hybridized carbons (Fsp3) is 0.500. The van der Waals surface area contributed by atoms with Gasteiger partial charge in [-0.1, -0.05) is 6.07 Å². The van der Waals surface area contributed by atoms with Gasteiger partial charge in [0.15, 0.2) is 0 Å². The van der Waals surface area contributed by atoms with E-state index in [0.717, 1.165) is 19.4 Å². The lowest BCUT2D eigenvalue weighted by Crippen LogP contribution is -2.26. The van der Waals surface area contributed by atoms with Crippen molar-refractivity contribution in [3.63, 3.8) is 0 Å². The van der Waals surface area contributed by atoms with E-state index in [4.69, 9.17) is 14.6 Å². The fourth-order valence-corrected chi connectivity index (χ4v) is 2.76. The van der Waals surface area contributed by atoms with Crippen molar-refractivity contribution < 1.29 is 24.2 Å². The molecule has 1 aliphatic heterocycles. The van der Waals surface area contributed by atoms with Crippen molar-refractivity contribution in [1.82, 2.24) is 5.32 Å². The van der Waals surface area contributed by atoms with Crippen molar-refractivity contribution in [2.45, 2.75) is 18.9 Å². The largest absolute Gasteiger partial charge is 0.491 e. The SMILES string of the molecule is O=C(O)CSCCNC(=O)c1cccc(OCC2CCCO2)c1.